The molecule has 7 heteroatoms. The standard InChI is InChI=1S/C21H35N5O.HI/c1-5-22-21(23-14-19(25(2)3)16-10-11-16)24-17-12-13-26(15-17)18-8-6-7-9-20(18)27-4;/h6-9,16-17,19H,5,10-15H2,1-4H3,(H2,22,23,24);1H. The lowest BCUT2D eigenvalue weighted by Crippen LogP contribution is -2.45. The van der Waals surface area contributed by atoms with E-state index in [1.807, 2.05) is 12.1 Å². The van der Waals surface area contributed by atoms with Gasteiger partial charge in [-0.15, -0.1) is 24.0 Å². The minimum absolute atomic E-state index is 0. The minimum atomic E-state index is 0. The van der Waals surface area contributed by atoms with Gasteiger partial charge in [0.15, 0.2) is 5.96 Å². The van der Waals surface area contributed by atoms with E-state index in [1.54, 1.807) is 7.11 Å². The Morgan fingerprint density at radius 3 is 2.68 bits per heavy atom. The summed E-state index contributed by atoms with van der Waals surface area (Å²) in [6, 6.07) is 9.20. The van der Waals surface area contributed by atoms with E-state index in [9.17, 15) is 0 Å². The number of nitrogens with one attached hydrogen (secondary N) is 2. The number of para-hydroxylation sites is 2. The molecule has 1 aromatic carbocycles. The van der Waals surface area contributed by atoms with Crippen molar-refractivity contribution in [3.8, 4) is 5.75 Å². The fraction of sp³-hybridized carbons (Fsp3) is 0.667. The Balaban J connectivity index is 0.00000280. The molecule has 1 aliphatic heterocycles. The predicted octanol–water partition coefficient (Wildman–Crippen LogP) is 2.79. The molecule has 1 heterocycles. The van der Waals surface area contributed by atoms with Crippen LogP contribution in [0.25, 0.3) is 0 Å². The number of halogens is 1. The Kier molecular flexibility index (Phi) is 9.14. The average molecular weight is 501 g/mol. The van der Waals surface area contributed by atoms with Gasteiger partial charge in [-0.1, -0.05) is 12.1 Å². The summed E-state index contributed by atoms with van der Waals surface area (Å²) >= 11 is 0. The van der Waals surface area contributed by atoms with Crippen molar-refractivity contribution in [2.75, 3.05) is 52.3 Å². The van der Waals surface area contributed by atoms with Crippen LogP contribution < -0.4 is 20.3 Å². The highest BCUT2D eigenvalue weighted by Crippen LogP contribution is 2.34. The zero-order valence-electron chi connectivity index (χ0n) is 17.6. The lowest BCUT2D eigenvalue weighted by Gasteiger charge is -2.24. The van der Waals surface area contributed by atoms with Crippen molar-refractivity contribution in [2.45, 2.75) is 38.3 Å². The van der Waals surface area contributed by atoms with E-state index in [0.717, 1.165) is 50.2 Å². The lowest BCUT2D eigenvalue weighted by atomic mass is 10.2. The third-order valence-electron chi connectivity index (χ3n) is 5.57. The number of guanidine groups is 1. The van der Waals surface area contributed by atoms with E-state index >= 15 is 0 Å². The van der Waals surface area contributed by atoms with E-state index in [-0.39, 0.29) is 24.0 Å². The number of anilines is 1. The van der Waals surface area contributed by atoms with Gasteiger partial charge in [-0.3, -0.25) is 4.99 Å². The molecule has 158 valence electrons. The van der Waals surface area contributed by atoms with Crippen molar-refractivity contribution in [1.29, 1.82) is 0 Å². The van der Waals surface area contributed by atoms with Crippen molar-refractivity contribution in [3.05, 3.63) is 24.3 Å². The summed E-state index contributed by atoms with van der Waals surface area (Å²) in [6.07, 6.45) is 3.79. The molecule has 0 radical (unpaired) electrons. The van der Waals surface area contributed by atoms with Crippen molar-refractivity contribution < 1.29 is 4.74 Å². The fourth-order valence-electron chi connectivity index (χ4n) is 3.90. The summed E-state index contributed by atoms with van der Waals surface area (Å²) in [6.45, 7) is 5.85. The number of hydrogen-bond donors (Lipinski definition) is 2. The lowest BCUT2D eigenvalue weighted by molar-refractivity contribution is 0.271. The highest BCUT2D eigenvalue weighted by molar-refractivity contribution is 14.0. The smallest absolute Gasteiger partial charge is 0.191 e. The Labute approximate surface area is 187 Å². The molecule has 6 nitrogen and oxygen atoms in total. The van der Waals surface area contributed by atoms with E-state index in [2.05, 4.69) is 53.6 Å². The first-order valence-corrected chi connectivity index (χ1v) is 10.2. The van der Waals surface area contributed by atoms with Gasteiger partial charge >= 0.3 is 0 Å². The molecule has 1 saturated carbocycles. The van der Waals surface area contributed by atoms with Gasteiger partial charge in [0, 0.05) is 31.7 Å². The minimum Gasteiger partial charge on any atom is -0.495 e. The predicted molar refractivity (Wildman–Crippen MR) is 128 cm³/mol. The number of rotatable bonds is 8. The van der Waals surface area contributed by atoms with Crippen LogP contribution in [0.15, 0.2) is 29.3 Å². The molecule has 2 unspecified atom stereocenters. The molecule has 1 aliphatic carbocycles. The van der Waals surface area contributed by atoms with Crippen molar-refractivity contribution in [3.63, 3.8) is 0 Å². The van der Waals surface area contributed by atoms with Crippen LogP contribution in [0, 0.1) is 5.92 Å². The molecule has 0 spiro atoms. The quantitative estimate of drug-likeness (QED) is 0.326. The van der Waals surface area contributed by atoms with Crippen LogP contribution >= 0.6 is 24.0 Å². The second kappa shape index (κ2) is 11.1. The Morgan fingerprint density at radius 1 is 1.29 bits per heavy atom. The topological polar surface area (TPSA) is 52.1 Å². The summed E-state index contributed by atoms with van der Waals surface area (Å²) in [4.78, 5) is 9.62. The first kappa shape index (κ1) is 23.1. The monoisotopic (exact) mass is 501 g/mol. The van der Waals surface area contributed by atoms with Crippen LogP contribution in [0.2, 0.25) is 0 Å². The molecular weight excluding hydrogens is 465 g/mol. The van der Waals surface area contributed by atoms with Crippen molar-refractivity contribution in [1.82, 2.24) is 15.5 Å². The largest absolute Gasteiger partial charge is 0.495 e. The first-order valence-electron chi connectivity index (χ1n) is 10.2. The molecule has 2 N–H and O–H groups in total. The van der Waals surface area contributed by atoms with Gasteiger partial charge in [0.25, 0.3) is 0 Å². The maximum atomic E-state index is 5.53. The molecule has 2 fully saturated rings. The third kappa shape index (κ3) is 6.14. The summed E-state index contributed by atoms with van der Waals surface area (Å²) < 4.78 is 5.53. The van der Waals surface area contributed by atoms with Gasteiger partial charge < -0.3 is 25.2 Å². The van der Waals surface area contributed by atoms with Crippen molar-refractivity contribution in [2.24, 2.45) is 10.9 Å². The van der Waals surface area contributed by atoms with E-state index in [0.29, 0.717) is 12.1 Å². The Hall–Kier alpha value is -1.22. The van der Waals surface area contributed by atoms with Gasteiger partial charge in [0.2, 0.25) is 0 Å². The van der Waals surface area contributed by atoms with E-state index < -0.39 is 0 Å². The zero-order chi connectivity index (χ0) is 19.2. The Morgan fingerprint density at radius 2 is 2.04 bits per heavy atom. The zero-order valence-corrected chi connectivity index (χ0v) is 20.0. The van der Waals surface area contributed by atoms with E-state index in [4.69, 9.17) is 9.73 Å². The summed E-state index contributed by atoms with van der Waals surface area (Å²) in [5, 5.41) is 7.06. The van der Waals surface area contributed by atoms with Gasteiger partial charge in [-0.2, -0.15) is 0 Å². The molecule has 28 heavy (non-hydrogen) atoms. The number of methoxy groups -OCH3 is 1. The number of likely N-dealkylation sites (N-methyl/N-ethyl adjacent to an activating group) is 1. The van der Waals surface area contributed by atoms with Crippen LogP contribution in [-0.4, -0.2) is 70.3 Å². The molecule has 0 bridgehead atoms. The molecular formula is C21H36IN5O. The number of nitrogens with zero attached hydrogens (tertiary/aromatic N) is 3. The van der Waals surface area contributed by atoms with Crippen LogP contribution in [0.3, 0.4) is 0 Å². The van der Waals surface area contributed by atoms with Crippen LogP contribution in [0.1, 0.15) is 26.2 Å². The SMILES string of the molecule is CCNC(=NCC(C1CC1)N(C)C)NC1CCN(c2ccccc2OC)C1.I. The maximum Gasteiger partial charge on any atom is 0.191 e. The van der Waals surface area contributed by atoms with Crippen molar-refractivity contribution >= 4 is 35.6 Å². The van der Waals surface area contributed by atoms with Gasteiger partial charge in [-0.05, 0) is 58.3 Å². The Bertz CT molecular complexity index is 633. The average Bonchev–Trinajstić information content (AvgIpc) is 3.39. The number of hydrogen-bond acceptors (Lipinski definition) is 4. The molecule has 3 rings (SSSR count). The van der Waals surface area contributed by atoms with Gasteiger partial charge in [0.05, 0.1) is 19.3 Å². The number of aliphatic imine (C=N–C) groups is 1. The second-order valence-corrected chi connectivity index (χ2v) is 7.84. The van der Waals surface area contributed by atoms with Crippen LogP contribution in [0.4, 0.5) is 5.69 Å². The van der Waals surface area contributed by atoms with E-state index in [1.165, 1.54) is 18.5 Å². The fourth-order valence-corrected chi connectivity index (χ4v) is 3.90. The normalized spacial score (nSPS) is 20.7. The van der Waals surface area contributed by atoms with Gasteiger partial charge in [0.1, 0.15) is 5.75 Å². The number of ether oxygens (including phenoxy) is 1. The molecule has 1 saturated heterocycles. The maximum absolute atomic E-state index is 5.53. The summed E-state index contributed by atoms with van der Waals surface area (Å²) in [5.41, 5.74) is 1.17. The first-order chi connectivity index (χ1) is 13.1. The molecule has 0 amide bonds. The van der Waals surface area contributed by atoms with Crippen LogP contribution in [0.5, 0.6) is 5.75 Å². The van der Waals surface area contributed by atoms with Crippen LogP contribution in [-0.2, 0) is 0 Å². The van der Waals surface area contributed by atoms with Gasteiger partial charge in [-0.25, -0.2) is 0 Å². The highest BCUT2D eigenvalue weighted by Gasteiger charge is 2.32. The third-order valence-corrected chi connectivity index (χ3v) is 5.57. The molecule has 2 atom stereocenters. The molecule has 2 aliphatic rings. The summed E-state index contributed by atoms with van der Waals surface area (Å²) in [7, 11) is 6.07. The highest BCUT2D eigenvalue weighted by atomic mass is 127. The number of benzene rings is 1. The molecule has 1 aromatic rings. The second-order valence-electron chi connectivity index (χ2n) is 7.84. The summed E-state index contributed by atoms with van der Waals surface area (Å²) in [5.74, 6) is 2.70. The molecule has 0 aromatic heterocycles.